The highest BCUT2D eigenvalue weighted by molar-refractivity contribution is 6.30. The van der Waals surface area contributed by atoms with Gasteiger partial charge in [0.05, 0.1) is 6.54 Å². The minimum atomic E-state index is -0.267. The summed E-state index contributed by atoms with van der Waals surface area (Å²) >= 11 is 5.89. The van der Waals surface area contributed by atoms with Gasteiger partial charge < -0.3 is 5.32 Å². The number of nitrogens with one attached hydrogen (secondary N) is 2. The van der Waals surface area contributed by atoms with E-state index >= 15 is 0 Å². The maximum atomic E-state index is 12.5. The minimum Gasteiger partial charge on any atom is -0.326 e. The van der Waals surface area contributed by atoms with E-state index in [0.29, 0.717) is 23.1 Å². The Balaban J connectivity index is 1.79. The molecule has 0 bridgehead atoms. The van der Waals surface area contributed by atoms with Crippen LogP contribution in [0.5, 0.6) is 0 Å². The molecule has 27 heavy (non-hydrogen) atoms. The molecule has 5 nitrogen and oxygen atoms in total. The lowest BCUT2D eigenvalue weighted by Gasteiger charge is -2.12. The number of rotatable bonds is 4. The van der Waals surface area contributed by atoms with E-state index in [1.54, 1.807) is 36.7 Å². The van der Waals surface area contributed by atoms with Gasteiger partial charge in [-0.15, -0.1) is 0 Å². The standard InChI is InChI=1S/C21H19ClN4O/c1-15-4-2-6-19(12-15)25-21(24-14-16-5-3-11-23-13-16)26-20(27)17-7-9-18(22)10-8-17/h2-13H,14H2,1H3,(H2,24,25,26,27). The Morgan fingerprint density at radius 2 is 1.93 bits per heavy atom. The summed E-state index contributed by atoms with van der Waals surface area (Å²) in [5, 5.41) is 6.58. The average Bonchev–Trinajstić information content (AvgIpc) is 2.67. The topological polar surface area (TPSA) is 66.4 Å². The summed E-state index contributed by atoms with van der Waals surface area (Å²) in [6.45, 7) is 2.40. The number of carbonyl (C=O) groups is 1. The molecule has 136 valence electrons. The zero-order chi connectivity index (χ0) is 19.1. The number of hydrogen-bond acceptors (Lipinski definition) is 3. The molecule has 0 aliphatic heterocycles. The van der Waals surface area contributed by atoms with Gasteiger partial charge in [0.25, 0.3) is 5.91 Å². The van der Waals surface area contributed by atoms with Crippen LogP contribution in [0.15, 0.2) is 78.0 Å². The molecule has 2 N–H and O–H groups in total. The van der Waals surface area contributed by atoms with Crippen LogP contribution in [0.2, 0.25) is 5.02 Å². The molecule has 3 rings (SSSR count). The summed E-state index contributed by atoms with van der Waals surface area (Å²) in [7, 11) is 0. The monoisotopic (exact) mass is 378 g/mol. The van der Waals surface area contributed by atoms with E-state index in [1.807, 2.05) is 43.3 Å². The normalized spacial score (nSPS) is 11.1. The zero-order valence-electron chi connectivity index (χ0n) is 14.8. The maximum absolute atomic E-state index is 12.5. The second kappa shape index (κ2) is 8.96. The van der Waals surface area contributed by atoms with Gasteiger partial charge in [0, 0.05) is 28.7 Å². The van der Waals surface area contributed by atoms with E-state index in [2.05, 4.69) is 20.6 Å². The van der Waals surface area contributed by atoms with Gasteiger partial charge >= 0.3 is 0 Å². The van der Waals surface area contributed by atoms with E-state index in [0.717, 1.165) is 16.8 Å². The highest BCUT2D eigenvalue weighted by Crippen LogP contribution is 2.11. The predicted molar refractivity (Wildman–Crippen MR) is 109 cm³/mol. The highest BCUT2D eigenvalue weighted by Gasteiger charge is 2.09. The number of guanidine groups is 1. The number of halogens is 1. The van der Waals surface area contributed by atoms with Crippen LogP contribution in [-0.4, -0.2) is 16.9 Å². The summed E-state index contributed by atoms with van der Waals surface area (Å²) in [4.78, 5) is 21.1. The van der Waals surface area contributed by atoms with Crippen molar-refractivity contribution in [3.63, 3.8) is 0 Å². The van der Waals surface area contributed by atoms with Gasteiger partial charge in [-0.05, 0) is 60.5 Å². The van der Waals surface area contributed by atoms with Gasteiger partial charge in [-0.3, -0.25) is 15.1 Å². The Hall–Kier alpha value is -3.18. The van der Waals surface area contributed by atoms with Crippen molar-refractivity contribution in [3.05, 3.63) is 94.8 Å². The lowest BCUT2D eigenvalue weighted by molar-refractivity contribution is 0.0977. The molecule has 3 aromatic rings. The third-order valence-corrected chi connectivity index (χ3v) is 4.01. The van der Waals surface area contributed by atoms with Crippen LogP contribution in [0.3, 0.4) is 0 Å². The number of amides is 1. The largest absolute Gasteiger partial charge is 0.326 e. The molecule has 0 aliphatic rings. The van der Waals surface area contributed by atoms with Crippen LogP contribution in [0.4, 0.5) is 5.69 Å². The highest BCUT2D eigenvalue weighted by atomic mass is 35.5. The molecule has 0 unspecified atom stereocenters. The fourth-order valence-electron chi connectivity index (χ4n) is 2.41. The van der Waals surface area contributed by atoms with Gasteiger partial charge in [-0.2, -0.15) is 0 Å². The molecule has 0 saturated carbocycles. The first-order valence-corrected chi connectivity index (χ1v) is 8.82. The van der Waals surface area contributed by atoms with Crippen LogP contribution < -0.4 is 10.6 Å². The van der Waals surface area contributed by atoms with Crippen molar-refractivity contribution in [3.8, 4) is 0 Å². The van der Waals surface area contributed by atoms with Crippen LogP contribution in [0, 0.1) is 6.92 Å². The summed E-state index contributed by atoms with van der Waals surface area (Å²) in [6.07, 6.45) is 3.45. The number of aryl methyl sites for hydroxylation is 1. The molecule has 0 spiro atoms. The Bertz CT molecular complexity index is 940. The van der Waals surface area contributed by atoms with Crippen molar-refractivity contribution in [1.29, 1.82) is 0 Å². The van der Waals surface area contributed by atoms with Gasteiger partial charge in [-0.25, -0.2) is 4.99 Å². The molecule has 0 atom stereocenters. The quantitative estimate of drug-likeness (QED) is 0.521. The number of benzene rings is 2. The van der Waals surface area contributed by atoms with Crippen molar-refractivity contribution in [2.24, 2.45) is 4.99 Å². The number of nitrogens with zero attached hydrogens (tertiary/aromatic N) is 2. The number of carbonyl (C=O) groups excluding carboxylic acids is 1. The zero-order valence-corrected chi connectivity index (χ0v) is 15.6. The van der Waals surface area contributed by atoms with E-state index in [9.17, 15) is 4.79 Å². The number of pyridine rings is 1. The Morgan fingerprint density at radius 3 is 2.63 bits per heavy atom. The second-order valence-electron chi connectivity index (χ2n) is 5.98. The van der Waals surface area contributed by atoms with Crippen LogP contribution in [-0.2, 0) is 6.54 Å². The molecular formula is C21H19ClN4O. The summed E-state index contributed by atoms with van der Waals surface area (Å²) in [5.41, 5.74) is 3.40. The first-order chi connectivity index (χ1) is 13.1. The van der Waals surface area contributed by atoms with Crippen molar-refractivity contribution in [2.45, 2.75) is 13.5 Å². The third kappa shape index (κ3) is 5.66. The molecule has 0 aliphatic carbocycles. The lowest BCUT2D eigenvalue weighted by Crippen LogP contribution is -2.36. The van der Waals surface area contributed by atoms with E-state index in [1.165, 1.54) is 0 Å². The van der Waals surface area contributed by atoms with Crippen LogP contribution >= 0.6 is 11.6 Å². The molecule has 0 radical (unpaired) electrons. The van der Waals surface area contributed by atoms with Gasteiger partial charge in [-0.1, -0.05) is 29.8 Å². The number of aliphatic imine (C=N–C) groups is 1. The molecule has 0 saturated heterocycles. The fraction of sp³-hybridized carbons (Fsp3) is 0.0952. The molecule has 1 aromatic heterocycles. The van der Waals surface area contributed by atoms with Crippen LogP contribution in [0.1, 0.15) is 21.5 Å². The number of aromatic nitrogens is 1. The molecule has 1 heterocycles. The van der Waals surface area contributed by atoms with Crippen LogP contribution in [0.25, 0.3) is 0 Å². The van der Waals surface area contributed by atoms with Crippen molar-refractivity contribution in [2.75, 3.05) is 5.32 Å². The Morgan fingerprint density at radius 1 is 1.11 bits per heavy atom. The SMILES string of the molecule is Cc1cccc(NC(=NCc2cccnc2)NC(=O)c2ccc(Cl)cc2)c1. The molecule has 6 heteroatoms. The predicted octanol–water partition coefficient (Wildman–Crippen LogP) is 4.44. The first kappa shape index (κ1) is 18.6. The summed E-state index contributed by atoms with van der Waals surface area (Å²) < 4.78 is 0. The maximum Gasteiger partial charge on any atom is 0.257 e. The second-order valence-corrected chi connectivity index (χ2v) is 6.42. The van der Waals surface area contributed by atoms with Gasteiger partial charge in [0.1, 0.15) is 0 Å². The Kier molecular flexibility index (Phi) is 6.18. The Labute approximate surface area is 163 Å². The van der Waals surface area contributed by atoms with E-state index < -0.39 is 0 Å². The van der Waals surface area contributed by atoms with Crippen molar-refractivity contribution >= 4 is 29.2 Å². The first-order valence-electron chi connectivity index (χ1n) is 8.44. The number of anilines is 1. The third-order valence-electron chi connectivity index (χ3n) is 3.76. The van der Waals surface area contributed by atoms with Crippen molar-refractivity contribution < 1.29 is 4.79 Å². The average molecular weight is 379 g/mol. The fourth-order valence-corrected chi connectivity index (χ4v) is 2.54. The molecule has 2 aromatic carbocycles. The number of hydrogen-bond donors (Lipinski definition) is 2. The van der Waals surface area contributed by atoms with Crippen molar-refractivity contribution in [1.82, 2.24) is 10.3 Å². The van der Waals surface area contributed by atoms with E-state index in [4.69, 9.17) is 11.6 Å². The minimum absolute atomic E-state index is 0.267. The van der Waals surface area contributed by atoms with Gasteiger partial charge in [0.2, 0.25) is 5.96 Å². The smallest absolute Gasteiger partial charge is 0.257 e. The van der Waals surface area contributed by atoms with Gasteiger partial charge in [0.15, 0.2) is 0 Å². The van der Waals surface area contributed by atoms with E-state index in [-0.39, 0.29) is 5.91 Å². The summed E-state index contributed by atoms with van der Waals surface area (Å²) in [6, 6.07) is 18.3. The molecule has 1 amide bonds. The lowest BCUT2D eigenvalue weighted by atomic mass is 10.2. The summed E-state index contributed by atoms with van der Waals surface area (Å²) in [5.74, 6) is 0.0983. The molecular weight excluding hydrogens is 360 g/mol. The molecule has 0 fully saturated rings.